The Balaban J connectivity index is 1.59. The third-order valence-electron chi connectivity index (χ3n) is 5.57. The van der Waals surface area contributed by atoms with Crippen molar-refractivity contribution in [1.82, 2.24) is 24.6 Å². The second-order valence-electron chi connectivity index (χ2n) is 7.38. The van der Waals surface area contributed by atoms with Crippen molar-refractivity contribution in [2.45, 2.75) is 18.3 Å². The van der Waals surface area contributed by atoms with Crippen LogP contribution >= 0.6 is 0 Å². The predicted octanol–water partition coefficient (Wildman–Crippen LogP) is 3.62. The molecule has 3 heterocycles. The first-order valence-corrected chi connectivity index (χ1v) is 9.73. The van der Waals surface area contributed by atoms with E-state index in [9.17, 15) is 8.78 Å². The highest BCUT2D eigenvalue weighted by Gasteiger charge is 2.42. The van der Waals surface area contributed by atoms with Crippen LogP contribution in [0.3, 0.4) is 0 Å². The van der Waals surface area contributed by atoms with Crippen LogP contribution in [0, 0.1) is 23.1 Å². The Bertz CT molecular complexity index is 1400. The average molecular weight is 434 g/mol. The van der Waals surface area contributed by atoms with Crippen LogP contribution < -0.4 is 9.47 Å². The van der Waals surface area contributed by atoms with E-state index in [1.165, 1.54) is 32.5 Å². The first kappa shape index (κ1) is 19.8. The third kappa shape index (κ3) is 3.19. The fourth-order valence-corrected chi connectivity index (χ4v) is 3.91. The molecular formula is C22H16F2N6O2. The Labute approximate surface area is 181 Å². The zero-order valence-corrected chi connectivity index (χ0v) is 17.1. The number of ether oxygens (including phenoxy) is 2. The summed E-state index contributed by atoms with van der Waals surface area (Å²) in [6.07, 6.45) is 3.34. The second kappa shape index (κ2) is 7.53. The Hall–Kier alpha value is -4.13. The van der Waals surface area contributed by atoms with Crippen LogP contribution in [-0.2, 0) is 0 Å². The molecule has 0 bridgehead atoms. The summed E-state index contributed by atoms with van der Waals surface area (Å²) in [5.74, 6) is -0.929. The molecule has 1 saturated carbocycles. The SMILES string of the molecule is COc1ncc(-c2cc([C@H]3C[C@@H]3c3ccc(C#N)c(F)c3)c3ncc(F)n3n2)c(OC)n1. The number of nitrogens with zero attached hydrogens (tertiary/aromatic N) is 6. The van der Waals surface area contributed by atoms with Gasteiger partial charge in [0, 0.05) is 11.8 Å². The van der Waals surface area contributed by atoms with Gasteiger partial charge in [-0.1, -0.05) is 6.07 Å². The molecule has 4 aromatic rings. The molecule has 0 saturated heterocycles. The van der Waals surface area contributed by atoms with Crippen LogP contribution in [0.15, 0.2) is 36.7 Å². The highest BCUT2D eigenvalue weighted by molar-refractivity contribution is 5.68. The van der Waals surface area contributed by atoms with Gasteiger partial charge in [0.15, 0.2) is 5.65 Å². The fourth-order valence-electron chi connectivity index (χ4n) is 3.91. The van der Waals surface area contributed by atoms with E-state index in [0.29, 0.717) is 16.9 Å². The summed E-state index contributed by atoms with van der Waals surface area (Å²) in [5, 5.41) is 13.3. The number of benzene rings is 1. The van der Waals surface area contributed by atoms with Gasteiger partial charge < -0.3 is 9.47 Å². The molecule has 1 aliphatic carbocycles. The Morgan fingerprint density at radius 1 is 1.09 bits per heavy atom. The first-order chi connectivity index (χ1) is 15.5. The lowest BCUT2D eigenvalue weighted by Crippen LogP contribution is -2.04. The number of aromatic nitrogens is 5. The summed E-state index contributed by atoms with van der Waals surface area (Å²) in [4.78, 5) is 12.5. The summed E-state index contributed by atoms with van der Waals surface area (Å²) in [6, 6.07) is 8.37. The summed E-state index contributed by atoms with van der Waals surface area (Å²) >= 11 is 0. The zero-order chi connectivity index (χ0) is 22.4. The molecule has 32 heavy (non-hydrogen) atoms. The molecule has 0 spiro atoms. The quantitative estimate of drug-likeness (QED) is 0.473. The monoisotopic (exact) mass is 434 g/mol. The lowest BCUT2D eigenvalue weighted by atomic mass is 10.0. The van der Waals surface area contributed by atoms with Gasteiger partial charge in [0.25, 0.3) is 0 Å². The van der Waals surface area contributed by atoms with Crippen LogP contribution in [0.2, 0.25) is 0 Å². The Morgan fingerprint density at radius 2 is 1.94 bits per heavy atom. The normalized spacial score (nSPS) is 17.2. The number of halogens is 2. The van der Waals surface area contributed by atoms with Crippen molar-refractivity contribution < 1.29 is 18.3 Å². The predicted molar refractivity (Wildman–Crippen MR) is 108 cm³/mol. The Morgan fingerprint density at radius 3 is 2.66 bits per heavy atom. The standard InChI is InChI=1S/C22H16F2N6O2/c1-31-21-16(9-27-22(28-21)32-2)18-7-15(20-26-10-19(24)30(20)29-18)14-6-13(14)11-3-4-12(8-25)17(23)5-11/h3-5,7,9-10,13-14H,6H2,1-2H3/t13-,14+/m1/s1. The molecule has 0 aliphatic heterocycles. The van der Waals surface area contributed by atoms with Crippen LogP contribution in [0.5, 0.6) is 11.9 Å². The van der Waals surface area contributed by atoms with Crippen LogP contribution in [-0.4, -0.2) is 38.8 Å². The fraction of sp³-hybridized carbons (Fsp3) is 0.227. The van der Waals surface area contributed by atoms with Crippen molar-refractivity contribution in [3.8, 4) is 29.2 Å². The van der Waals surface area contributed by atoms with Crippen molar-refractivity contribution in [2.24, 2.45) is 0 Å². The second-order valence-corrected chi connectivity index (χ2v) is 7.38. The van der Waals surface area contributed by atoms with E-state index in [0.717, 1.165) is 28.3 Å². The average Bonchev–Trinajstić information content (AvgIpc) is 3.54. The number of imidazole rings is 1. The highest BCUT2D eigenvalue weighted by Crippen LogP contribution is 2.56. The van der Waals surface area contributed by atoms with Gasteiger partial charge in [-0.15, -0.1) is 0 Å². The van der Waals surface area contributed by atoms with Gasteiger partial charge in [-0.3, -0.25) is 0 Å². The molecular weight excluding hydrogens is 418 g/mol. The topological polar surface area (TPSA) is 98.2 Å². The van der Waals surface area contributed by atoms with Crippen LogP contribution in [0.25, 0.3) is 16.9 Å². The lowest BCUT2D eigenvalue weighted by molar-refractivity contribution is 0.353. The number of hydrogen-bond donors (Lipinski definition) is 0. The summed E-state index contributed by atoms with van der Waals surface area (Å²) in [7, 11) is 2.90. The Kier molecular flexibility index (Phi) is 4.66. The smallest absolute Gasteiger partial charge is 0.319 e. The van der Waals surface area contributed by atoms with Gasteiger partial charge in [0.2, 0.25) is 11.8 Å². The molecule has 1 fully saturated rings. The van der Waals surface area contributed by atoms with Crippen molar-refractivity contribution in [3.63, 3.8) is 0 Å². The number of nitriles is 1. The van der Waals surface area contributed by atoms with E-state index in [1.807, 2.05) is 6.07 Å². The van der Waals surface area contributed by atoms with Crippen molar-refractivity contribution >= 4 is 5.65 Å². The number of hydrogen-bond acceptors (Lipinski definition) is 7. The number of methoxy groups -OCH3 is 2. The maximum Gasteiger partial charge on any atom is 0.319 e. The van der Waals surface area contributed by atoms with Crippen LogP contribution in [0.1, 0.15) is 34.9 Å². The maximum atomic E-state index is 14.4. The van der Waals surface area contributed by atoms with Gasteiger partial charge >= 0.3 is 6.01 Å². The lowest BCUT2D eigenvalue weighted by Gasteiger charge is -2.11. The summed E-state index contributed by atoms with van der Waals surface area (Å²) < 4.78 is 40.1. The molecule has 0 N–H and O–H groups in total. The van der Waals surface area contributed by atoms with E-state index in [4.69, 9.17) is 14.7 Å². The molecule has 0 amide bonds. The molecule has 10 heteroatoms. The molecule has 1 aromatic carbocycles. The molecule has 2 atom stereocenters. The number of rotatable bonds is 5. The third-order valence-corrected chi connectivity index (χ3v) is 5.57. The molecule has 160 valence electrons. The van der Waals surface area contributed by atoms with Crippen LogP contribution in [0.4, 0.5) is 8.78 Å². The van der Waals surface area contributed by atoms with Gasteiger partial charge in [-0.25, -0.2) is 14.4 Å². The molecule has 8 nitrogen and oxygen atoms in total. The van der Waals surface area contributed by atoms with E-state index >= 15 is 0 Å². The minimum absolute atomic E-state index is 0.00136. The van der Waals surface area contributed by atoms with Crippen molar-refractivity contribution in [1.29, 1.82) is 5.26 Å². The summed E-state index contributed by atoms with van der Waals surface area (Å²) in [5.41, 5.74) is 2.81. The number of fused-ring (bicyclic) bond motifs is 1. The maximum absolute atomic E-state index is 14.4. The van der Waals surface area contributed by atoms with Gasteiger partial charge in [-0.05, 0) is 42.0 Å². The first-order valence-electron chi connectivity index (χ1n) is 9.73. The minimum Gasteiger partial charge on any atom is -0.480 e. The molecule has 1 aliphatic rings. The summed E-state index contributed by atoms with van der Waals surface area (Å²) in [6.45, 7) is 0. The van der Waals surface area contributed by atoms with E-state index in [1.54, 1.807) is 12.1 Å². The van der Waals surface area contributed by atoms with E-state index < -0.39 is 11.8 Å². The van der Waals surface area contributed by atoms with Crippen molar-refractivity contribution in [3.05, 3.63) is 65.1 Å². The van der Waals surface area contributed by atoms with Gasteiger partial charge in [-0.2, -0.15) is 24.3 Å². The molecule has 0 unspecified atom stereocenters. The molecule has 0 radical (unpaired) electrons. The molecule has 3 aromatic heterocycles. The largest absolute Gasteiger partial charge is 0.480 e. The highest BCUT2D eigenvalue weighted by atomic mass is 19.1. The van der Waals surface area contributed by atoms with E-state index in [2.05, 4.69) is 20.1 Å². The molecule has 5 rings (SSSR count). The van der Waals surface area contributed by atoms with E-state index in [-0.39, 0.29) is 29.3 Å². The van der Waals surface area contributed by atoms with Crippen molar-refractivity contribution in [2.75, 3.05) is 14.2 Å². The van der Waals surface area contributed by atoms with Gasteiger partial charge in [0.05, 0.1) is 37.2 Å². The minimum atomic E-state index is -0.613. The zero-order valence-electron chi connectivity index (χ0n) is 17.1. The van der Waals surface area contributed by atoms with Gasteiger partial charge in [0.1, 0.15) is 11.9 Å².